The summed E-state index contributed by atoms with van der Waals surface area (Å²) in [5.74, 6) is 0. The average Bonchev–Trinajstić information content (AvgIpc) is 2.42. The summed E-state index contributed by atoms with van der Waals surface area (Å²) < 4.78 is 5.14. The number of alkyl halides is 1. The number of halogens is 1. The van der Waals surface area contributed by atoms with E-state index in [1.165, 1.54) is 31.4 Å². The van der Waals surface area contributed by atoms with Crippen molar-refractivity contribution >= 4 is 15.9 Å². The van der Waals surface area contributed by atoms with Crippen LogP contribution in [0.1, 0.15) is 18.4 Å². The SMILES string of the molecule is COCCN(CCBr)CCCCc1ccccc1. The molecule has 0 aromatic heterocycles. The zero-order valence-electron chi connectivity index (χ0n) is 11.3. The Balaban J connectivity index is 2.14. The number of aryl methyl sites for hydroxylation is 1. The van der Waals surface area contributed by atoms with Crippen molar-refractivity contribution in [2.45, 2.75) is 19.3 Å². The third kappa shape index (κ3) is 7.14. The van der Waals surface area contributed by atoms with Crippen molar-refractivity contribution in [2.75, 3.05) is 38.7 Å². The van der Waals surface area contributed by atoms with Gasteiger partial charge in [-0.2, -0.15) is 0 Å². The number of ether oxygens (including phenoxy) is 1. The van der Waals surface area contributed by atoms with Gasteiger partial charge in [0.25, 0.3) is 0 Å². The van der Waals surface area contributed by atoms with Crippen LogP contribution in [0.3, 0.4) is 0 Å². The van der Waals surface area contributed by atoms with Gasteiger partial charge in [0.05, 0.1) is 6.61 Å². The second-order valence-electron chi connectivity index (χ2n) is 4.47. The molecule has 0 saturated carbocycles. The molecule has 0 aliphatic carbocycles. The molecule has 0 amide bonds. The van der Waals surface area contributed by atoms with Crippen LogP contribution in [0.15, 0.2) is 30.3 Å². The summed E-state index contributed by atoms with van der Waals surface area (Å²) >= 11 is 3.51. The van der Waals surface area contributed by atoms with Crippen LogP contribution in [-0.4, -0.2) is 43.6 Å². The van der Waals surface area contributed by atoms with Crippen LogP contribution in [0.25, 0.3) is 0 Å². The van der Waals surface area contributed by atoms with Gasteiger partial charge in [0.2, 0.25) is 0 Å². The highest BCUT2D eigenvalue weighted by molar-refractivity contribution is 9.09. The minimum atomic E-state index is 0.825. The lowest BCUT2D eigenvalue weighted by Crippen LogP contribution is -2.30. The van der Waals surface area contributed by atoms with Crippen molar-refractivity contribution in [1.82, 2.24) is 4.90 Å². The van der Waals surface area contributed by atoms with Crippen molar-refractivity contribution < 1.29 is 4.74 Å². The van der Waals surface area contributed by atoms with E-state index in [4.69, 9.17) is 4.74 Å². The predicted octanol–water partition coefficient (Wildman–Crippen LogP) is 3.35. The average molecular weight is 314 g/mol. The van der Waals surface area contributed by atoms with Crippen molar-refractivity contribution in [3.05, 3.63) is 35.9 Å². The Morgan fingerprint density at radius 1 is 1.06 bits per heavy atom. The Hall–Kier alpha value is -0.380. The van der Waals surface area contributed by atoms with Gasteiger partial charge in [0, 0.05) is 25.5 Å². The second-order valence-corrected chi connectivity index (χ2v) is 5.26. The molecule has 18 heavy (non-hydrogen) atoms. The summed E-state index contributed by atoms with van der Waals surface area (Å²) in [6.45, 7) is 4.13. The number of benzene rings is 1. The third-order valence-corrected chi connectivity index (χ3v) is 3.40. The van der Waals surface area contributed by atoms with E-state index in [0.29, 0.717) is 0 Å². The van der Waals surface area contributed by atoms with Gasteiger partial charge in [-0.15, -0.1) is 0 Å². The maximum absolute atomic E-state index is 5.14. The Bertz CT molecular complexity index is 292. The Labute approximate surface area is 119 Å². The van der Waals surface area contributed by atoms with Crippen LogP contribution in [0.2, 0.25) is 0 Å². The molecule has 102 valence electrons. The number of methoxy groups -OCH3 is 1. The molecule has 0 aliphatic rings. The Kier molecular flexibility index (Phi) is 9.17. The summed E-state index contributed by atoms with van der Waals surface area (Å²) in [6.07, 6.45) is 3.70. The van der Waals surface area contributed by atoms with Crippen molar-refractivity contribution in [3.63, 3.8) is 0 Å². The first kappa shape index (κ1) is 15.7. The highest BCUT2D eigenvalue weighted by Gasteiger charge is 2.03. The minimum absolute atomic E-state index is 0.825. The number of hydrogen-bond donors (Lipinski definition) is 0. The second kappa shape index (κ2) is 10.5. The molecule has 0 saturated heterocycles. The fourth-order valence-electron chi connectivity index (χ4n) is 1.98. The summed E-state index contributed by atoms with van der Waals surface area (Å²) in [6, 6.07) is 10.7. The molecular weight excluding hydrogens is 290 g/mol. The first-order valence-corrected chi connectivity index (χ1v) is 7.80. The predicted molar refractivity (Wildman–Crippen MR) is 81.5 cm³/mol. The van der Waals surface area contributed by atoms with E-state index in [0.717, 1.165) is 25.0 Å². The molecule has 0 unspecified atom stereocenters. The molecule has 3 heteroatoms. The molecule has 0 spiro atoms. The van der Waals surface area contributed by atoms with E-state index in [2.05, 4.69) is 51.2 Å². The van der Waals surface area contributed by atoms with Gasteiger partial charge in [0.1, 0.15) is 0 Å². The molecule has 0 heterocycles. The van der Waals surface area contributed by atoms with Gasteiger partial charge in [-0.25, -0.2) is 0 Å². The zero-order chi connectivity index (χ0) is 13.1. The number of unbranched alkanes of at least 4 members (excludes halogenated alkanes) is 1. The molecule has 0 bridgehead atoms. The molecule has 0 radical (unpaired) electrons. The number of nitrogens with zero attached hydrogens (tertiary/aromatic N) is 1. The van der Waals surface area contributed by atoms with E-state index >= 15 is 0 Å². The largest absolute Gasteiger partial charge is 0.383 e. The summed E-state index contributed by atoms with van der Waals surface area (Å²) in [5, 5.41) is 1.04. The standard InChI is InChI=1S/C15H24BrNO/c1-18-14-13-17(12-10-16)11-6-5-9-15-7-3-2-4-8-15/h2-4,7-8H,5-6,9-14H2,1H3. The maximum Gasteiger partial charge on any atom is 0.0589 e. The van der Waals surface area contributed by atoms with Crippen LogP contribution in [0.4, 0.5) is 0 Å². The van der Waals surface area contributed by atoms with Crippen LogP contribution < -0.4 is 0 Å². The fourth-order valence-corrected chi connectivity index (χ4v) is 2.49. The molecule has 0 fully saturated rings. The van der Waals surface area contributed by atoms with E-state index in [1.807, 2.05) is 0 Å². The van der Waals surface area contributed by atoms with Crippen LogP contribution >= 0.6 is 15.9 Å². The first-order valence-electron chi connectivity index (χ1n) is 6.68. The highest BCUT2D eigenvalue weighted by Crippen LogP contribution is 2.05. The monoisotopic (exact) mass is 313 g/mol. The molecule has 0 aliphatic heterocycles. The van der Waals surface area contributed by atoms with E-state index in [-0.39, 0.29) is 0 Å². The van der Waals surface area contributed by atoms with Gasteiger partial charge < -0.3 is 9.64 Å². The van der Waals surface area contributed by atoms with Gasteiger partial charge in [0.15, 0.2) is 0 Å². The molecule has 1 aromatic rings. The molecule has 1 aromatic carbocycles. The van der Waals surface area contributed by atoms with Crippen LogP contribution in [0.5, 0.6) is 0 Å². The van der Waals surface area contributed by atoms with Gasteiger partial charge in [-0.1, -0.05) is 46.3 Å². The van der Waals surface area contributed by atoms with Crippen molar-refractivity contribution in [3.8, 4) is 0 Å². The molecule has 1 rings (SSSR count). The molecule has 0 atom stereocenters. The van der Waals surface area contributed by atoms with Crippen LogP contribution in [-0.2, 0) is 11.2 Å². The lowest BCUT2D eigenvalue weighted by molar-refractivity contribution is 0.150. The van der Waals surface area contributed by atoms with Gasteiger partial charge in [-0.3, -0.25) is 0 Å². The molecule has 2 nitrogen and oxygen atoms in total. The lowest BCUT2D eigenvalue weighted by Gasteiger charge is -2.20. The highest BCUT2D eigenvalue weighted by atomic mass is 79.9. The van der Waals surface area contributed by atoms with Crippen molar-refractivity contribution in [1.29, 1.82) is 0 Å². The van der Waals surface area contributed by atoms with Crippen molar-refractivity contribution in [2.24, 2.45) is 0 Å². The van der Waals surface area contributed by atoms with Gasteiger partial charge >= 0.3 is 0 Å². The zero-order valence-corrected chi connectivity index (χ0v) is 12.9. The van der Waals surface area contributed by atoms with E-state index in [9.17, 15) is 0 Å². The topological polar surface area (TPSA) is 12.5 Å². The minimum Gasteiger partial charge on any atom is -0.383 e. The first-order chi connectivity index (χ1) is 8.86. The quantitative estimate of drug-likeness (QED) is 0.485. The van der Waals surface area contributed by atoms with E-state index in [1.54, 1.807) is 7.11 Å². The molecular formula is C15H24BrNO. The number of hydrogen-bond acceptors (Lipinski definition) is 2. The lowest BCUT2D eigenvalue weighted by atomic mass is 10.1. The van der Waals surface area contributed by atoms with Gasteiger partial charge in [-0.05, 0) is 31.4 Å². The fraction of sp³-hybridized carbons (Fsp3) is 0.600. The normalized spacial score (nSPS) is 11.1. The smallest absolute Gasteiger partial charge is 0.0589 e. The molecule has 0 N–H and O–H groups in total. The summed E-state index contributed by atoms with van der Waals surface area (Å²) in [7, 11) is 1.77. The summed E-state index contributed by atoms with van der Waals surface area (Å²) in [4.78, 5) is 2.46. The third-order valence-electron chi connectivity index (χ3n) is 3.05. The maximum atomic E-state index is 5.14. The summed E-state index contributed by atoms with van der Waals surface area (Å²) in [5.41, 5.74) is 1.45. The van der Waals surface area contributed by atoms with Crippen LogP contribution in [0, 0.1) is 0 Å². The Morgan fingerprint density at radius 3 is 2.50 bits per heavy atom. The number of rotatable bonds is 10. The van der Waals surface area contributed by atoms with E-state index < -0.39 is 0 Å². The Morgan fingerprint density at radius 2 is 1.83 bits per heavy atom.